The second-order valence-corrected chi connectivity index (χ2v) is 7.83. The van der Waals surface area contributed by atoms with Gasteiger partial charge in [-0.1, -0.05) is 103 Å². The molecule has 4 aromatic carbocycles. The van der Waals surface area contributed by atoms with Gasteiger partial charge in [-0.2, -0.15) is 0 Å². The smallest absolute Gasteiger partial charge is 0.198 e. The topological polar surface area (TPSA) is 35.5 Å². The summed E-state index contributed by atoms with van der Waals surface area (Å²) in [4.78, 5) is 11.9. The minimum absolute atomic E-state index is 0.0206. The molecule has 0 N–H and O–H groups in total. The predicted molar refractivity (Wildman–Crippen MR) is 134 cm³/mol. The van der Waals surface area contributed by atoms with Gasteiger partial charge in [-0.3, -0.25) is 4.79 Å². The monoisotopic (exact) mass is 458 g/mol. The first-order valence-electron chi connectivity index (χ1n) is 10.6. The van der Waals surface area contributed by atoms with Gasteiger partial charge in [-0.05, 0) is 29.8 Å². The standard InChI is InChI=1S/C16H18O2.C13H9ClO/c1-17-16(18-2,15-11-7-4-8-12-15)13-14-9-5-3-6-10-14;14-12-8-6-11(7-9-12)13(15)10-4-2-1-3-5-10/h3-12H,13H2,1-2H3;1-9H. The average molecular weight is 459 g/mol. The van der Waals surface area contributed by atoms with Crippen molar-refractivity contribution in [2.24, 2.45) is 0 Å². The molecule has 3 nitrogen and oxygen atoms in total. The molecule has 4 heteroatoms. The number of rotatable bonds is 7. The summed E-state index contributed by atoms with van der Waals surface area (Å²) in [5.41, 5.74) is 3.56. The molecular formula is C29H27ClO3. The lowest BCUT2D eigenvalue weighted by atomic mass is 9.97. The third-order valence-corrected chi connectivity index (χ3v) is 5.55. The van der Waals surface area contributed by atoms with Gasteiger partial charge < -0.3 is 9.47 Å². The van der Waals surface area contributed by atoms with Crippen LogP contribution < -0.4 is 0 Å². The summed E-state index contributed by atoms with van der Waals surface area (Å²) in [6, 6.07) is 36.3. The van der Waals surface area contributed by atoms with Crippen LogP contribution in [0.5, 0.6) is 0 Å². The highest BCUT2D eigenvalue weighted by atomic mass is 35.5. The molecule has 0 saturated heterocycles. The summed E-state index contributed by atoms with van der Waals surface area (Å²) in [5.74, 6) is -0.699. The highest BCUT2D eigenvalue weighted by Gasteiger charge is 2.32. The van der Waals surface area contributed by atoms with Gasteiger partial charge in [0.15, 0.2) is 11.6 Å². The number of hydrogen-bond acceptors (Lipinski definition) is 3. The van der Waals surface area contributed by atoms with E-state index in [1.807, 2.05) is 66.7 Å². The molecule has 4 rings (SSSR count). The highest BCUT2D eigenvalue weighted by Crippen LogP contribution is 2.30. The summed E-state index contributed by atoms with van der Waals surface area (Å²) >= 11 is 5.75. The second kappa shape index (κ2) is 12.1. The van der Waals surface area contributed by atoms with Crippen LogP contribution in [0.3, 0.4) is 0 Å². The van der Waals surface area contributed by atoms with Crippen molar-refractivity contribution in [1.82, 2.24) is 0 Å². The van der Waals surface area contributed by atoms with Gasteiger partial charge in [0, 0.05) is 42.4 Å². The van der Waals surface area contributed by atoms with E-state index in [-0.39, 0.29) is 5.78 Å². The second-order valence-electron chi connectivity index (χ2n) is 7.39. The molecule has 0 spiro atoms. The van der Waals surface area contributed by atoms with E-state index in [0.717, 1.165) is 5.56 Å². The molecule has 0 radical (unpaired) electrons. The molecule has 0 saturated carbocycles. The molecule has 0 amide bonds. The van der Waals surface area contributed by atoms with Gasteiger partial charge in [0.2, 0.25) is 0 Å². The number of methoxy groups -OCH3 is 2. The molecule has 0 aliphatic carbocycles. The van der Waals surface area contributed by atoms with Gasteiger partial charge in [-0.15, -0.1) is 0 Å². The average Bonchev–Trinajstić information content (AvgIpc) is 2.89. The lowest BCUT2D eigenvalue weighted by molar-refractivity contribution is -0.215. The van der Waals surface area contributed by atoms with E-state index >= 15 is 0 Å². The fourth-order valence-electron chi connectivity index (χ4n) is 3.48. The summed E-state index contributed by atoms with van der Waals surface area (Å²) in [6.07, 6.45) is 0.685. The van der Waals surface area contributed by atoms with Gasteiger partial charge in [0.1, 0.15) is 0 Å². The fourth-order valence-corrected chi connectivity index (χ4v) is 3.61. The Labute approximate surface area is 200 Å². The van der Waals surface area contributed by atoms with Gasteiger partial charge >= 0.3 is 0 Å². The Bertz CT molecular complexity index is 1110. The van der Waals surface area contributed by atoms with Gasteiger partial charge in [0.05, 0.1) is 0 Å². The fraction of sp³-hybridized carbons (Fsp3) is 0.138. The molecule has 0 bridgehead atoms. The highest BCUT2D eigenvalue weighted by molar-refractivity contribution is 6.30. The molecule has 33 heavy (non-hydrogen) atoms. The molecule has 0 aromatic heterocycles. The molecule has 4 aromatic rings. The van der Waals surface area contributed by atoms with Crippen molar-refractivity contribution in [2.75, 3.05) is 14.2 Å². The minimum Gasteiger partial charge on any atom is -0.349 e. The number of ketones is 1. The zero-order chi connectivity index (χ0) is 23.5. The number of ether oxygens (including phenoxy) is 2. The summed E-state index contributed by atoms with van der Waals surface area (Å²) in [7, 11) is 3.36. The van der Waals surface area contributed by atoms with Crippen molar-refractivity contribution in [3.63, 3.8) is 0 Å². The minimum atomic E-state index is -0.720. The zero-order valence-corrected chi connectivity index (χ0v) is 19.5. The Morgan fingerprint density at radius 1 is 0.667 bits per heavy atom. The summed E-state index contributed by atoms with van der Waals surface area (Å²) in [6.45, 7) is 0. The van der Waals surface area contributed by atoms with Crippen molar-refractivity contribution in [1.29, 1.82) is 0 Å². The van der Waals surface area contributed by atoms with Crippen molar-refractivity contribution in [3.8, 4) is 0 Å². The summed E-state index contributed by atoms with van der Waals surface area (Å²) in [5, 5.41) is 0.639. The molecule has 0 unspecified atom stereocenters. The van der Waals surface area contributed by atoms with Gasteiger partial charge in [0.25, 0.3) is 0 Å². The molecule has 0 atom stereocenters. The lowest BCUT2D eigenvalue weighted by Crippen LogP contribution is -2.33. The Kier molecular flexibility index (Phi) is 8.96. The first-order chi connectivity index (χ1) is 16.1. The Morgan fingerprint density at radius 2 is 1.12 bits per heavy atom. The van der Waals surface area contributed by atoms with Crippen LogP contribution in [0, 0.1) is 0 Å². The van der Waals surface area contributed by atoms with Crippen LogP contribution in [0.25, 0.3) is 0 Å². The SMILES string of the molecule is COC(Cc1ccccc1)(OC)c1ccccc1.O=C(c1ccccc1)c1ccc(Cl)cc1. The predicted octanol–water partition coefficient (Wildman–Crippen LogP) is 6.95. The van der Waals surface area contributed by atoms with E-state index in [1.54, 1.807) is 50.6 Å². The van der Waals surface area contributed by atoms with Gasteiger partial charge in [-0.25, -0.2) is 0 Å². The van der Waals surface area contributed by atoms with Crippen LogP contribution in [-0.4, -0.2) is 20.0 Å². The number of halogens is 1. The molecule has 0 aliphatic rings. The maximum Gasteiger partial charge on any atom is 0.198 e. The third kappa shape index (κ3) is 6.62. The first-order valence-corrected chi connectivity index (χ1v) is 11.0. The molecule has 0 heterocycles. The van der Waals surface area contributed by atoms with Crippen LogP contribution in [0.1, 0.15) is 27.0 Å². The maximum absolute atomic E-state index is 11.9. The molecule has 0 fully saturated rings. The Hall–Kier alpha value is -3.24. The van der Waals surface area contributed by atoms with Crippen LogP contribution in [0.2, 0.25) is 5.02 Å². The molecular weight excluding hydrogens is 432 g/mol. The van der Waals surface area contributed by atoms with Crippen molar-refractivity contribution >= 4 is 17.4 Å². The van der Waals surface area contributed by atoms with Crippen molar-refractivity contribution in [2.45, 2.75) is 12.2 Å². The quantitative estimate of drug-likeness (QED) is 0.222. The van der Waals surface area contributed by atoms with E-state index in [1.165, 1.54) is 5.56 Å². The van der Waals surface area contributed by atoms with E-state index in [4.69, 9.17) is 21.1 Å². The van der Waals surface area contributed by atoms with Crippen molar-refractivity contribution < 1.29 is 14.3 Å². The Balaban J connectivity index is 0.000000189. The van der Waals surface area contributed by atoms with Crippen LogP contribution in [0.15, 0.2) is 115 Å². The van der Waals surface area contributed by atoms with Crippen LogP contribution >= 0.6 is 11.6 Å². The van der Waals surface area contributed by atoms with Crippen LogP contribution in [0.4, 0.5) is 0 Å². The molecule has 0 aliphatic heterocycles. The maximum atomic E-state index is 11.9. The third-order valence-electron chi connectivity index (χ3n) is 5.30. The first kappa shape index (κ1) is 24.4. The van der Waals surface area contributed by atoms with Crippen molar-refractivity contribution in [3.05, 3.63) is 143 Å². The largest absolute Gasteiger partial charge is 0.349 e. The normalized spacial score (nSPS) is 10.8. The molecule has 168 valence electrons. The number of benzene rings is 4. The Morgan fingerprint density at radius 3 is 1.64 bits per heavy atom. The van der Waals surface area contributed by atoms with E-state index in [0.29, 0.717) is 22.6 Å². The van der Waals surface area contributed by atoms with E-state index in [2.05, 4.69) is 12.1 Å². The summed E-state index contributed by atoms with van der Waals surface area (Å²) < 4.78 is 11.3. The van der Waals surface area contributed by atoms with E-state index < -0.39 is 5.79 Å². The number of carbonyl (C=O) groups is 1. The number of carbonyl (C=O) groups excluding carboxylic acids is 1. The number of hydrogen-bond donors (Lipinski definition) is 0. The van der Waals surface area contributed by atoms with Crippen LogP contribution in [-0.2, 0) is 21.7 Å². The lowest BCUT2D eigenvalue weighted by Gasteiger charge is -2.31. The van der Waals surface area contributed by atoms with E-state index in [9.17, 15) is 4.79 Å². The zero-order valence-electron chi connectivity index (χ0n) is 18.8.